The second kappa shape index (κ2) is 8.76. The van der Waals surface area contributed by atoms with Gasteiger partial charge in [-0.1, -0.05) is 0 Å². The minimum atomic E-state index is -4.52. The van der Waals surface area contributed by atoms with E-state index in [0.29, 0.717) is 30.2 Å². The summed E-state index contributed by atoms with van der Waals surface area (Å²) in [5.41, 5.74) is -0.328. The van der Waals surface area contributed by atoms with Gasteiger partial charge in [-0.3, -0.25) is 9.59 Å². The Morgan fingerprint density at radius 1 is 1.41 bits per heavy atom. The maximum absolute atomic E-state index is 13.3. The highest BCUT2D eigenvalue weighted by atomic mass is 32.1. The second-order valence-electron chi connectivity index (χ2n) is 6.59. The van der Waals surface area contributed by atoms with Crippen molar-refractivity contribution in [2.75, 3.05) is 23.3 Å². The van der Waals surface area contributed by atoms with Crippen LogP contribution in [0.3, 0.4) is 0 Å². The van der Waals surface area contributed by atoms with Crippen molar-refractivity contribution in [3.05, 3.63) is 35.0 Å². The van der Waals surface area contributed by atoms with Gasteiger partial charge >= 0.3 is 12.1 Å². The lowest BCUT2D eigenvalue weighted by Crippen LogP contribution is -2.40. The molecular weight excluding hydrogens is 409 g/mol. The number of carbonyl (C=O) groups excluding carboxylic acids is 2. The molecule has 156 valence electrons. The fraction of sp³-hybridized carbons (Fsp3) is 0.444. The maximum atomic E-state index is 13.3. The van der Waals surface area contributed by atoms with Crippen LogP contribution in [-0.2, 0) is 27.1 Å². The summed E-state index contributed by atoms with van der Waals surface area (Å²) in [4.78, 5) is 33.0. The first-order valence-corrected chi connectivity index (χ1v) is 9.78. The van der Waals surface area contributed by atoms with Crippen LogP contribution in [0, 0.1) is 5.92 Å². The Hall–Kier alpha value is -2.69. The molecule has 3 rings (SSSR count). The summed E-state index contributed by atoms with van der Waals surface area (Å²) in [6.07, 6.45) is -2.14. The zero-order chi connectivity index (χ0) is 21.0. The zero-order valence-corrected chi connectivity index (χ0v) is 16.3. The summed E-state index contributed by atoms with van der Waals surface area (Å²) in [5.74, 6) is -1.47. The molecule has 0 spiro atoms. The molecule has 0 radical (unpaired) electrons. The van der Waals surface area contributed by atoms with Gasteiger partial charge in [0.25, 0.3) is 0 Å². The van der Waals surface area contributed by atoms with Crippen LogP contribution in [-0.4, -0.2) is 34.9 Å². The maximum Gasteiger partial charge on any atom is 0.419 e. The van der Waals surface area contributed by atoms with Gasteiger partial charge in [-0.15, -0.1) is 11.3 Å². The molecule has 3 heterocycles. The molecule has 1 atom stereocenters. The fourth-order valence-corrected chi connectivity index (χ4v) is 3.82. The van der Waals surface area contributed by atoms with E-state index in [2.05, 4.69) is 15.3 Å². The monoisotopic (exact) mass is 428 g/mol. The molecule has 11 heteroatoms. The molecule has 1 aliphatic rings. The van der Waals surface area contributed by atoms with Crippen molar-refractivity contribution < 1.29 is 27.5 Å². The number of hydrogen-bond acceptors (Lipinski definition) is 7. The summed E-state index contributed by atoms with van der Waals surface area (Å²) in [6, 6.07) is 2.23. The van der Waals surface area contributed by atoms with E-state index < -0.39 is 23.6 Å². The first-order valence-electron chi connectivity index (χ1n) is 8.90. The van der Waals surface area contributed by atoms with Gasteiger partial charge < -0.3 is 15.0 Å². The Morgan fingerprint density at radius 2 is 2.21 bits per heavy atom. The van der Waals surface area contributed by atoms with Crippen molar-refractivity contribution in [3.8, 4) is 0 Å². The van der Waals surface area contributed by atoms with Crippen LogP contribution in [0.5, 0.6) is 0 Å². The number of pyridine rings is 1. The van der Waals surface area contributed by atoms with Crippen molar-refractivity contribution in [3.63, 3.8) is 0 Å². The highest BCUT2D eigenvalue weighted by molar-refractivity contribution is 7.13. The summed E-state index contributed by atoms with van der Waals surface area (Å²) in [5, 5.41) is 4.61. The number of ether oxygens (including phenoxy) is 1. The molecule has 1 fully saturated rings. The van der Waals surface area contributed by atoms with E-state index in [0.717, 1.165) is 6.07 Å². The summed E-state index contributed by atoms with van der Waals surface area (Å²) in [6.45, 7) is 1.79. The fourth-order valence-electron chi connectivity index (χ4n) is 3.08. The molecule has 7 nitrogen and oxygen atoms in total. The number of hydrogen-bond donors (Lipinski definition) is 1. The topological polar surface area (TPSA) is 84.4 Å². The molecule has 1 N–H and O–H groups in total. The number of thiazole rings is 1. The molecule has 29 heavy (non-hydrogen) atoms. The molecule has 0 bridgehead atoms. The molecule has 2 aromatic heterocycles. The minimum Gasteiger partial charge on any atom is -0.459 e. The van der Waals surface area contributed by atoms with Gasteiger partial charge in [0.2, 0.25) is 5.91 Å². The van der Waals surface area contributed by atoms with E-state index in [9.17, 15) is 22.8 Å². The van der Waals surface area contributed by atoms with Gasteiger partial charge in [0.15, 0.2) is 5.13 Å². The van der Waals surface area contributed by atoms with Crippen LogP contribution >= 0.6 is 11.3 Å². The SMILES string of the molecule is CC(=O)Nc1nc(COC(=O)C2CCCN(c3ncccc3C(F)(F)F)C2)cs1. The highest BCUT2D eigenvalue weighted by Gasteiger charge is 2.37. The number of esters is 1. The smallest absolute Gasteiger partial charge is 0.419 e. The van der Waals surface area contributed by atoms with Crippen molar-refractivity contribution >= 4 is 34.2 Å². The van der Waals surface area contributed by atoms with E-state index in [1.165, 1.54) is 35.4 Å². The highest BCUT2D eigenvalue weighted by Crippen LogP contribution is 2.36. The van der Waals surface area contributed by atoms with Crippen molar-refractivity contribution in [2.45, 2.75) is 32.5 Å². The van der Waals surface area contributed by atoms with Gasteiger partial charge in [0.1, 0.15) is 12.4 Å². The number of carbonyl (C=O) groups is 2. The van der Waals surface area contributed by atoms with Crippen molar-refractivity contribution in [1.82, 2.24) is 9.97 Å². The number of nitrogens with zero attached hydrogens (tertiary/aromatic N) is 3. The number of anilines is 2. The van der Waals surface area contributed by atoms with Crippen LogP contribution in [0.25, 0.3) is 0 Å². The van der Waals surface area contributed by atoms with Gasteiger partial charge in [-0.25, -0.2) is 9.97 Å². The molecule has 1 aliphatic heterocycles. The quantitative estimate of drug-likeness (QED) is 0.734. The average molecular weight is 428 g/mol. The molecule has 1 unspecified atom stereocenters. The summed E-state index contributed by atoms with van der Waals surface area (Å²) < 4.78 is 45.1. The molecule has 2 aromatic rings. The molecule has 0 aliphatic carbocycles. The third-order valence-corrected chi connectivity index (χ3v) is 5.15. The standard InChI is InChI=1S/C18H19F3N4O3S/c1-11(26)23-17-24-13(10-29-17)9-28-16(27)12-4-3-7-25(8-12)15-14(18(19,20)21)5-2-6-22-15/h2,5-6,10,12H,3-4,7-9H2,1H3,(H,23,24,26). The number of piperidine rings is 1. The first kappa shape index (κ1) is 21.0. The third-order valence-electron chi connectivity index (χ3n) is 4.34. The summed E-state index contributed by atoms with van der Waals surface area (Å²) >= 11 is 1.21. The normalized spacial score (nSPS) is 17.1. The van der Waals surface area contributed by atoms with E-state index in [1.807, 2.05) is 0 Å². The molecule has 1 saturated heterocycles. The Bertz CT molecular complexity index is 887. The Kier molecular flexibility index (Phi) is 6.36. The van der Waals surface area contributed by atoms with Crippen molar-refractivity contribution in [1.29, 1.82) is 0 Å². The second-order valence-corrected chi connectivity index (χ2v) is 7.45. The third kappa shape index (κ3) is 5.43. The predicted octanol–water partition coefficient (Wildman–Crippen LogP) is 3.48. The number of rotatable bonds is 5. The predicted molar refractivity (Wildman–Crippen MR) is 100 cm³/mol. The average Bonchev–Trinajstić information content (AvgIpc) is 3.12. The van der Waals surface area contributed by atoms with Gasteiger partial charge in [-0.05, 0) is 25.0 Å². The molecule has 0 saturated carbocycles. The Morgan fingerprint density at radius 3 is 2.93 bits per heavy atom. The van der Waals surface area contributed by atoms with Crippen LogP contribution in [0.15, 0.2) is 23.7 Å². The van der Waals surface area contributed by atoms with Crippen LogP contribution in [0.2, 0.25) is 0 Å². The number of aromatic nitrogens is 2. The van der Waals surface area contributed by atoms with E-state index in [1.54, 1.807) is 5.38 Å². The number of alkyl halides is 3. The lowest BCUT2D eigenvalue weighted by atomic mass is 9.97. The van der Waals surface area contributed by atoms with E-state index >= 15 is 0 Å². The van der Waals surface area contributed by atoms with Crippen LogP contribution in [0.1, 0.15) is 31.0 Å². The Labute approximate surface area is 168 Å². The largest absolute Gasteiger partial charge is 0.459 e. The van der Waals surface area contributed by atoms with Gasteiger partial charge in [-0.2, -0.15) is 13.2 Å². The van der Waals surface area contributed by atoms with Gasteiger partial charge in [0.05, 0.1) is 17.2 Å². The number of nitrogens with one attached hydrogen (secondary N) is 1. The number of amides is 1. The first-order chi connectivity index (χ1) is 13.7. The molecule has 1 amide bonds. The Balaban J connectivity index is 1.61. The number of halogens is 3. The van der Waals surface area contributed by atoms with Crippen LogP contribution in [0.4, 0.5) is 24.1 Å². The van der Waals surface area contributed by atoms with Gasteiger partial charge in [0, 0.05) is 31.6 Å². The zero-order valence-electron chi connectivity index (χ0n) is 15.5. The van der Waals surface area contributed by atoms with Crippen molar-refractivity contribution in [2.24, 2.45) is 5.92 Å². The minimum absolute atomic E-state index is 0.0667. The molecular formula is C18H19F3N4O3S. The van der Waals surface area contributed by atoms with Crippen LogP contribution < -0.4 is 10.2 Å². The summed E-state index contributed by atoms with van der Waals surface area (Å²) in [7, 11) is 0. The van der Waals surface area contributed by atoms with E-state index in [-0.39, 0.29) is 24.9 Å². The lowest BCUT2D eigenvalue weighted by molar-refractivity contribution is -0.150. The van der Waals surface area contributed by atoms with E-state index in [4.69, 9.17) is 4.74 Å². The molecule has 0 aromatic carbocycles. The lowest BCUT2D eigenvalue weighted by Gasteiger charge is -2.33.